The maximum absolute atomic E-state index is 8.87. The molecule has 0 spiro atoms. The lowest BCUT2D eigenvalue weighted by atomic mass is 9.83. The van der Waals surface area contributed by atoms with Crippen LogP contribution in [0, 0.1) is 23.7 Å². The van der Waals surface area contributed by atoms with E-state index in [1.54, 1.807) is 0 Å². The first-order chi connectivity index (χ1) is 5.36. The van der Waals surface area contributed by atoms with Crippen LogP contribution in [0.25, 0.3) is 0 Å². The summed E-state index contributed by atoms with van der Waals surface area (Å²) >= 11 is 0. The van der Waals surface area contributed by atoms with Crippen molar-refractivity contribution in [1.29, 1.82) is 0 Å². The van der Waals surface area contributed by atoms with Crippen LogP contribution in [0.5, 0.6) is 0 Å². The van der Waals surface area contributed by atoms with Crippen LogP contribution < -0.4 is 0 Å². The molecule has 0 unspecified atom stereocenters. The van der Waals surface area contributed by atoms with Crippen molar-refractivity contribution in [3.63, 3.8) is 0 Å². The fourth-order valence-electron chi connectivity index (χ4n) is 1.69. The molecule has 1 rings (SSSR count). The van der Waals surface area contributed by atoms with Gasteiger partial charge in [-0.1, -0.05) is 0 Å². The number of rotatable bonds is 1. The second-order valence-corrected chi connectivity index (χ2v) is 3.29. The van der Waals surface area contributed by atoms with Gasteiger partial charge < -0.3 is 5.11 Å². The molecule has 0 bridgehead atoms. The van der Waals surface area contributed by atoms with E-state index in [4.69, 9.17) is 5.11 Å². The largest absolute Gasteiger partial charge is 0.396 e. The Kier molecular flexibility index (Phi) is 3.45. The zero-order valence-electron chi connectivity index (χ0n) is 7.14. The van der Waals surface area contributed by atoms with Gasteiger partial charge in [0.25, 0.3) is 0 Å². The van der Waals surface area contributed by atoms with E-state index < -0.39 is 0 Å². The summed E-state index contributed by atoms with van der Waals surface area (Å²) in [6.45, 7) is 2.27. The molecule has 11 heavy (non-hydrogen) atoms. The average molecular weight is 152 g/mol. The Labute approximate surface area is 68.8 Å². The summed E-state index contributed by atoms with van der Waals surface area (Å²) in [7, 11) is 0. The van der Waals surface area contributed by atoms with Crippen LogP contribution in [-0.2, 0) is 0 Å². The first-order valence-electron chi connectivity index (χ1n) is 4.40. The molecular formula is C10H16O. The minimum absolute atomic E-state index is 0.367. The Bertz CT molecular complexity index is 155. The summed E-state index contributed by atoms with van der Waals surface area (Å²) in [6.07, 6.45) is 4.70. The lowest BCUT2D eigenvalue weighted by Gasteiger charge is -2.23. The third kappa shape index (κ3) is 2.55. The first-order valence-corrected chi connectivity index (χ1v) is 4.40. The van der Waals surface area contributed by atoms with Gasteiger partial charge in [0.05, 0.1) is 0 Å². The molecule has 1 aliphatic carbocycles. The van der Waals surface area contributed by atoms with Crippen molar-refractivity contribution < 1.29 is 5.11 Å². The highest BCUT2D eigenvalue weighted by molar-refractivity contribution is 5.02. The Morgan fingerprint density at radius 1 is 1.27 bits per heavy atom. The van der Waals surface area contributed by atoms with Crippen LogP contribution in [0.3, 0.4) is 0 Å². The monoisotopic (exact) mass is 152 g/mol. The second kappa shape index (κ2) is 4.41. The topological polar surface area (TPSA) is 20.2 Å². The smallest absolute Gasteiger partial charge is 0.0459 e. The zero-order chi connectivity index (χ0) is 8.10. The van der Waals surface area contributed by atoms with Crippen LogP contribution in [-0.4, -0.2) is 11.7 Å². The maximum Gasteiger partial charge on any atom is 0.0459 e. The molecule has 0 aromatic rings. The third-order valence-corrected chi connectivity index (χ3v) is 2.45. The number of aliphatic hydroxyl groups is 1. The third-order valence-electron chi connectivity index (χ3n) is 2.45. The van der Waals surface area contributed by atoms with E-state index in [-0.39, 0.29) is 0 Å². The lowest BCUT2D eigenvalue weighted by Crippen LogP contribution is -2.15. The van der Waals surface area contributed by atoms with Gasteiger partial charge in [0.1, 0.15) is 0 Å². The summed E-state index contributed by atoms with van der Waals surface area (Å²) in [4.78, 5) is 0. The average Bonchev–Trinajstić information content (AvgIpc) is 2.07. The summed E-state index contributed by atoms with van der Waals surface area (Å²) in [5.74, 6) is 7.33. The van der Waals surface area contributed by atoms with Gasteiger partial charge in [0.2, 0.25) is 0 Å². The van der Waals surface area contributed by atoms with Crippen molar-refractivity contribution in [2.45, 2.75) is 32.6 Å². The van der Waals surface area contributed by atoms with Crippen molar-refractivity contribution in [2.75, 3.05) is 6.61 Å². The van der Waals surface area contributed by atoms with Gasteiger partial charge in [0, 0.05) is 12.5 Å². The minimum Gasteiger partial charge on any atom is -0.396 e. The normalized spacial score (nSPS) is 30.7. The lowest BCUT2D eigenvalue weighted by molar-refractivity contribution is 0.179. The van der Waals surface area contributed by atoms with Crippen molar-refractivity contribution >= 4 is 0 Å². The molecular weight excluding hydrogens is 136 g/mol. The second-order valence-electron chi connectivity index (χ2n) is 3.29. The predicted octanol–water partition coefficient (Wildman–Crippen LogP) is 1.81. The molecule has 0 aromatic heterocycles. The molecule has 0 saturated heterocycles. The standard InChI is InChI=1S/C10H16O/c1-2-3-9-4-6-10(8-11)7-5-9/h9-11H,4-8H2,1H3. The highest BCUT2D eigenvalue weighted by atomic mass is 16.3. The van der Waals surface area contributed by atoms with Crippen molar-refractivity contribution in [3.05, 3.63) is 0 Å². The van der Waals surface area contributed by atoms with E-state index in [1.165, 1.54) is 12.8 Å². The number of hydrogen-bond donors (Lipinski definition) is 1. The van der Waals surface area contributed by atoms with Gasteiger partial charge >= 0.3 is 0 Å². The van der Waals surface area contributed by atoms with Crippen molar-refractivity contribution in [2.24, 2.45) is 11.8 Å². The van der Waals surface area contributed by atoms with Gasteiger partial charge in [-0.2, -0.15) is 0 Å². The Morgan fingerprint density at radius 2 is 1.91 bits per heavy atom. The van der Waals surface area contributed by atoms with Gasteiger partial charge in [-0.3, -0.25) is 0 Å². The van der Waals surface area contributed by atoms with Crippen LogP contribution in [0.2, 0.25) is 0 Å². The fraction of sp³-hybridized carbons (Fsp3) is 0.800. The highest BCUT2D eigenvalue weighted by Crippen LogP contribution is 2.27. The van der Waals surface area contributed by atoms with Gasteiger partial charge in [-0.15, -0.1) is 11.8 Å². The molecule has 1 saturated carbocycles. The molecule has 0 aromatic carbocycles. The Hall–Kier alpha value is -0.480. The molecule has 0 heterocycles. The predicted molar refractivity (Wildman–Crippen MR) is 46.0 cm³/mol. The van der Waals surface area contributed by atoms with E-state index in [2.05, 4.69) is 11.8 Å². The van der Waals surface area contributed by atoms with E-state index in [0.29, 0.717) is 18.4 Å². The molecule has 0 radical (unpaired) electrons. The molecule has 1 N–H and O–H groups in total. The summed E-state index contributed by atoms with van der Waals surface area (Å²) in [5, 5.41) is 8.87. The molecule has 0 amide bonds. The van der Waals surface area contributed by atoms with E-state index in [9.17, 15) is 0 Å². The Balaban J connectivity index is 2.28. The molecule has 1 fully saturated rings. The summed E-state index contributed by atoms with van der Waals surface area (Å²) in [6, 6.07) is 0. The molecule has 1 aliphatic rings. The van der Waals surface area contributed by atoms with Crippen LogP contribution in [0.1, 0.15) is 32.6 Å². The summed E-state index contributed by atoms with van der Waals surface area (Å²) < 4.78 is 0. The zero-order valence-corrected chi connectivity index (χ0v) is 7.14. The first kappa shape index (κ1) is 8.62. The molecule has 1 nitrogen and oxygen atoms in total. The number of hydrogen-bond acceptors (Lipinski definition) is 1. The van der Waals surface area contributed by atoms with E-state index in [0.717, 1.165) is 12.8 Å². The van der Waals surface area contributed by atoms with E-state index >= 15 is 0 Å². The maximum atomic E-state index is 8.87. The summed E-state index contributed by atoms with van der Waals surface area (Å²) in [5.41, 5.74) is 0. The quantitative estimate of drug-likeness (QED) is 0.568. The van der Waals surface area contributed by atoms with Gasteiger partial charge in [0.15, 0.2) is 0 Å². The van der Waals surface area contributed by atoms with Crippen LogP contribution in [0.15, 0.2) is 0 Å². The van der Waals surface area contributed by atoms with Gasteiger partial charge in [-0.25, -0.2) is 0 Å². The number of aliphatic hydroxyl groups excluding tert-OH is 1. The molecule has 0 aliphatic heterocycles. The fourth-order valence-corrected chi connectivity index (χ4v) is 1.69. The molecule has 1 heteroatoms. The van der Waals surface area contributed by atoms with Crippen LogP contribution in [0.4, 0.5) is 0 Å². The minimum atomic E-state index is 0.367. The van der Waals surface area contributed by atoms with Crippen LogP contribution >= 0.6 is 0 Å². The SMILES string of the molecule is CC#CC1CCC(CO)CC1. The molecule has 0 atom stereocenters. The molecule has 62 valence electrons. The highest BCUT2D eigenvalue weighted by Gasteiger charge is 2.18. The van der Waals surface area contributed by atoms with E-state index in [1.807, 2.05) is 6.92 Å². The Morgan fingerprint density at radius 3 is 2.36 bits per heavy atom. The van der Waals surface area contributed by atoms with Crippen molar-refractivity contribution in [1.82, 2.24) is 0 Å². The van der Waals surface area contributed by atoms with Gasteiger partial charge in [-0.05, 0) is 38.5 Å². The van der Waals surface area contributed by atoms with Crippen molar-refractivity contribution in [3.8, 4) is 11.8 Å².